The molecular weight excluding hydrogens is 392 g/mol. The maximum Gasteiger partial charge on any atom is 0.282 e. The minimum atomic E-state index is -0.431. The number of ether oxygens (including phenoxy) is 2. The standard InChI is InChI=1S/C25H22N2O4/c1-16-9-7-8-12-19(16)26-23-22(17-10-5-4-6-11-17)24(28)27(25(23)29)18-13-14-20(30-2)21(15-18)31-3/h4-15,26H,1-3H3. The van der Waals surface area contributed by atoms with Crippen LogP contribution in [0.1, 0.15) is 11.1 Å². The summed E-state index contributed by atoms with van der Waals surface area (Å²) in [6.45, 7) is 1.94. The van der Waals surface area contributed by atoms with E-state index in [0.717, 1.165) is 16.2 Å². The average Bonchev–Trinajstić information content (AvgIpc) is 3.04. The van der Waals surface area contributed by atoms with Crippen molar-refractivity contribution in [2.75, 3.05) is 24.4 Å². The number of nitrogens with zero attached hydrogens (tertiary/aromatic N) is 1. The van der Waals surface area contributed by atoms with E-state index in [2.05, 4.69) is 5.32 Å². The molecule has 156 valence electrons. The minimum absolute atomic E-state index is 0.236. The molecule has 1 aliphatic rings. The predicted octanol–water partition coefficient (Wildman–Crippen LogP) is 4.41. The predicted molar refractivity (Wildman–Crippen MR) is 120 cm³/mol. The van der Waals surface area contributed by atoms with Crippen LogP contribution >= 0.6 is 0 Å². The maximum absolute atomic E-state index is 13.5. The van der Waals surface area contributed by atoms with Crippen molar-refractivity contribution < 1.29 is 19.1 Å². The number of imide groups is 1. The molecule has 3 aromatic carbocycles. The number of amides is 2. The Kier molecular flexibility index (Phi) is 5.45. The average molecular weight is 414 g/mol. The third kappa shape index (κ3) is 3.64. The van der Waals surface area contributed by atoms with Gasteiger partial charge in [0.25, 0.3) is 11.8 Å². The number of hydrogen-bond donors (Lipinski definition) is 1. The lowest BCUT2D eigenvalue weighted by Crippen LogP contribution is -2.32. The number of benzene rings is 3. The van der Waals surface area contributed by atoms with E-state index in [1.165, 1.54) is 14.2 Å². The number of hydrogen-bond acceptors (Lipinski definition) is 5. The van der Waals surface area contributed by atoms with Crippen LogP contribution in [0.3, 0.4) is 0 Å². The van der Waals surface area contributed by atoms with Crippen LogP contribution in [-0.2, 0) is 9.59 Å². The first-order valence-electron chi connectivity index (χ1n) is 9.78. The van der Waals surface area contributed by atoms with Crippen LogP contribution in [-0.4, -0.2) is 26.0 Å². The van der Waals surface area contributed by atoms with E-state index < -0.39 is 11.8 Å². The molecule has 6 nitrogen and oxygen atoms in total. The summed E-state index contributed by atoms with van der Waals surface area (Å²) in [5.74, 6) is 0.112. The van der Waals surface area contributed by atoms with Crippen LogP contribution in [0, 0.1) is 6.92 Å². The summed E-state index contributed by atoms with van der Waals surface area (Å²) in [7, 11) is 3.04. The molecule has 0 radical (unpaired) electrons. The van der Waals surface area contributed by atoms with Gasteiger partial charge in [0.2, 0.25) is 0 Å². The molecule has 0 saturated heterocycles. The van der Waals surface area contributed by atoms with Crippen molar-refractivity contribution in [2.24, 2.45) is 0 Å². The molecule has 0 bridgehead atoms. The second kappa shape index (κ2) is 8.36. The van der Waals surface area contributed by atoms with Crippen LogP contribution in [0.2, 0.25) is 0 Å². The van der Waals surface area contributed by atoms with Gasteiger partial charge in [-0.1, -0.05) is 48.5 Å². The molecule has 6 heteroatoms. The molecule has 1 N–H and O–H groups in total. The van der Waals surface area contributed by atoms with Gasteiger partial charge in [0.15, 0.2) is 11.5 Å². The van der Waals surface area contributed by atoms with Gasteiger partial charge in [-0.25, -0.2) is 4.90 Å². The van der Waals surface area contributed by atoms with E-state index >= 15 is 0 Å². The second-order valence-corrected chi connectivity index (χ2v) is 7.04. The third-order valence-corrected chi connectivity index (χ3v) is 5.18. The first-order valence-corrected chi connectivity index (χ1v) is 9.78. The monoisotopic (exact) mass is 414 g/mol. The van der Waals surface area contributed by atoms with Crippen LogP contribution in [0.15, 0.2) is 78.5 Å². The Balaban J connectivity index is 1.82. The fourth-order valence-corrected chi connectivity index (χ4v) is 3.56. The van der Waals surface area contributed by atoms with Crippen molar-refractivity contribution in [3.8, 4) is 11.5 Å². The molecule has 4 rings (SSSR count). The Morgan fingerprint density at radius 3 is 2.13 bits per heavy atom. The Morgan fingerprint density at radius 2 is 1.45 bits per heavy atom. The van der Waals surface area contributed by atoms with Gasteiger partial charge in [0.05, 0.1) is 25.5 Å². The van der Waals surface area contributed by atoms with E-state index in [4.69, 9.17) is 9.47 Å². The Morgan fingerprint density at radius 1 is 0.774 bits per heavy atom. The zero-order chi connectivity index (χ0) is 22.0. The molecule has 1 aliphatic heterocycles. The highest BCUT2D eigenvalue weighted by molar-refractivity contribution is 6.46. The highest BCUT2D eigenvalue weighted by atomic mass is 16.5. The molecule has 0 spiro atoms. The fourth-order valence-electron chi connectivity index (χ4n) is 3.56. The van der Waals surface area contributed by atoms with Crippen LogP contribution in [0.5, 0.6) is 11.5 Å². The van der Waals surface area contributed by atoms with Crippen molar-refractivity contribution in [3.05, 3.63) is 89.6 Å². The molecule has 3 aromatic rings. The van der Waals surface area contributed by atoms with Gasteiger partial charge in [-0.05, 0) is 36.2 Å². The van der Waals surface area contributed by atoms with Crippen LogP contribution in [0.25, 0.3) is 5.57 Å². The van der Waals surface area contributed by atoms with E-state index in [9.17, 15) is 9.59 Å². The number of rotatable bonds is 6. The van der Waals surface area contributed by atoms with Gasteiger partial charge in [0, 0.05) is 11.8 Å². The quantitative estimate of drug-likeness (QED) is 0.605. The maximum atomic E-state index is 13.5. The lowest BCUT2D eigenvalue weighted by atomic mass is 10.0. The van der Waals surface area contributed by atoms with Crippen molar-refractivity contribution >= 4 is 28.8 Å². The molecule has 0 atom stereocenters. The van der Waals surface area contributed by atoms with Crippen LogP contribution < -0.4 is 19.7 Å². The number of methoxy groups -OCH3 is 2. The van der Waals surface area contributed by atoms with Crippen molar-refractivity contribution in [3.63, 3.8) is 0 Å². The highest BCUT2D eigenvalue weighted by Crippen LogP contribution is 2.37. The van der Waals surface area contributed by atoms with E-state index in [-0.39, 0.29) is 5.70 Å². The minimum Gasteiger partial charge on any atom is -0.493 e. The van der Waals surface area contributed by atoms with Crippen molar-refractivity contribution in [2.45, 2.75) is 6.92 Å². The molecule has 0 saturated carbocycles. The lowest BCUT2D eigenvalue weighted by Gasteiger charge is -2.17. The molecular formula is C25H22N2O4. The topological polar surface area (TPSA) is 67.9 Å². The molecule has 0 aliphatic carbocycles. The number of carbonyl (C=O) groups is 2. The zero-order valence-electron chi connectivity index (χ0n) is 17.5. The first-order chi connectivity index (χ1) is 15.0. The van der Waals surface area contributed by atoms with Gasteiger partial charge in [0.1, 0.15) is 5.70 Å². The summed E-state index contributed by atoms with van der Waals surface area (Å²) in [6, 6.07) is 21.8. The van der Waals surface area contributed by atoms with Gasteiger partial charge < -0.3 is 14.8 Å². The SMILES string of the molecule is COc1ccc(N2C(=O)C(Nc3ccccc3C)=C(c3ccccc3)C2=O)cc1OC. The number of carbonyl (C=O) groups excluding carboxylic acids is 2. The second-order valence-electron chi connectivity index (χ2n) is 7.04. The van der Waals surface area contributed by atoms with Gasteiger partial charge in [-0.3, -0.25) is 9.59 Å². The summed E-state index contributed by atoms with van der Waals surface area (Å²) in [5, 5.41) is 3.20. The summed E-state index contributed by atoms with van der Waals surface area (Å²) in [6.07, 6.45) is 0. The summed E-state index contributed by atoms with van der Waals surface area (Å²) in [4.78, 5) is 28.1. The van der Waals surface area contributed by atoms with Gasteiger partial charge >= 0.3 is 0 Å². The van der Waals surface area contributed by atoms with E-state index in [0.29, 0.717) is 28.3 Å². The third-order valence-electron chi connectivity index (χ3n) is 5.18. The number of aryl methyl sites for hydroxylation is 1. The first kappa shape index (κ1) is 20.2. The zero-order valence-corrected chi connectivity index (χ0v) is 17.5. The van der Waals surface area contributed by atoms with Crippen LogP contribution in [0.4, 0.5) is 11.4 Å². The fraction of sp³-hybridized carbons (Fsp3) is 0.120. The molecule has 1 heterocycles. The smallest absolute Gasteiger partial charge is 0.282 e. The van der Waals surface area contributed by atoms with Crippen molar-refractivity contribution in [1.29, 1.82) is 0 Å². The lowest BCUT2D eigenvalue weighted by molar-refractivity contribution is -0.120. The highest BCUT2D eigenvalue weighted by Gasteiger charge is 2.40. The Hall–Kier alpha value is -4.06. The molecule has 0 unspecified atom stereocenters. The largest absolute Gasteiger partial charge is 0.493 e. The number of anilines is 2. The molecule has 2 amide bonds. The molecule has 31 heavy (non-hydrogen) atoms. The van der Waals surface area contributed by atoms with Crippen molar-refractivity contribution in [1.82, 2.24) is 0 Å². The molecule has 0 fully saturated rings. The summed E-state index contributed by atoms with van der Waals surface area (Å²) < 4.78 is 10.6. The Labute approximate surface area is 180 Å². The normalized spacial score (nSPS) is 13.6. The van der Waals surface area contributed by atoms with E-state index in [1.807, 2.05) is 61.5 Å². The van der Waals surface area contributed by atoms with Gasteiger partial charge in [-0.15, -0.1) is 0 Å². The molecule has 0 aromatic heterocycles. The Bertz CT molecular complexity index is 1190. The van der Waals surface area contributed by atoms with Gasteiger partial charge in [-0.2, -0.15) is 0 Å². The summed E-state index contributed by atoms with van der Waals surface area (Å²) in [5.41, 5.74) is 3.36. The number of para-hydroxylation sites is 1. The van der Waals surface area contributed by atoms with E-state index in [1.54, 1.807) is 18.2 Å². The number of nitrogens with one attached hydrogen (secondary N) is 1. The summed E-state index contributed by atoms with van der Waals surface area (Å²) >= 11 is 0.